The summed E-state index contributed by atoms with van der Waals surface area (Å²) in [6, 6.07) is 5.76. The Bertz CT molecular complexity index is 612. The molecule has 0 atom stereocenters. The van der Waals surface area contributed by atoms with E-state index in [-0.39, 0.29) is 12.6 Å². The summed E-state index contributed by atoms with van der Waals surface area (Å²) in [4.78, 5) is 15.6. The lowest BCUT2D eigenvalue weighted by atomic mass is 10.2. The molecule has 4 nitrogen and oxygen atoms in total. The van der Waals surface area contributed by atoms with E-state index in [1.54, 1.807) is 14.0 Å². The van der Waals surface area contributed by atoms with Crippen molar-refractivity contribution >= 4 is 33.2 Å². The zero-order chi connectivity index (χ0) is 14.5. The van der Waals surface area contributed by atoms with Gasteiger partial charge in [-0.05, 0) is 18.2 Å². The molecule has 0 aliphatic carbocycles. The zero-order valence-corrected chi connectivity index (χ0v) is 13.6. The first-order valence-corrected chi connectivity index (χ1v) is 7.75. The number of ether oxygens (including phenoxy) is 2. The smallest absolute Gasteiger partial charge is 0.305 e. The number of nitrogens with zero attached hydrogens (tertiary/aromatic N) is 1. The van der Waals surface area contributed by atoms with Gasteiger partial charge in [-0.1, -0.05) is 22.9 Å². The molecule has 2 rings (SSSR count). The molecular formula is C14H14BrNO3S. The van der Waals surface area contributed by atoms with Gasteiger partial charge in [-0.2, -0.15) is 0 Å². The van der Waals surface area contributed by atoms with Crippen molar-refractivity contribution in [3.8, 4) is 16.3 Å². The van der Waals surface area contributed by atoms with Gasteiger partial charge in [0.2, 0.25) is 0 Å². The van der Waals surface area contributed by atoms with Crippen LogP contribution in [0.15, 0.2) is 28.1 Å². The van der Waals surface area contributed by atoms with Crippen molar-refractivity contribution in [3.63, 3.8) is 0 Å². The average Bonchev–Trinajstić information content (AvgIpc) is 2.93. The Morgan fingerprint density at radius 3 is 2.95 bits per heavy atom. The molecule has 0 saturated heterocycles. The minimum Gasteiger partial charge on any atom is -0.496 e. The summed E-state index contributed by atoms with van der Waals surface area (Å²) in [5.41, 5.74) is 1.66. The Morgan fingerprint density at radius 2 is 2.25 bits per heavy atom. The fourth-order valence-corrected chi connectivity index (χ4v) is 2.79. The van der Waals surface area contributed by atoms with Crippen LogP contribution in [0.25, 0.3) is 10.6 Å². The number of carbonyl (C=O) groups is 1. The fourth-order valence-electron chi connectivity index (χ4n) is 1.60. The third-order valence-corrected chi connectivity index (χ3v) is 4.03. The van der Waals surface area contributed by atoms with Gasteiger partial charge in [-0.15, -0.1) is 11.3 Å². The van der Waals surface area contributed by atoms with Crippen LogP contribution in [0.5, 0.6) is 5.75 Å². The maximum absolute atomic E-state index is 11.1. The maximum Gasteiger partial charge on any atom is 0.305 e. The van der Waals surface area contributed by atoms with Gasteiger partial charge in [-0.25, -0.2) is 4.98 Å². The molecule has 20 heavy (non-hydrogen) atoms. The summed E-state index contributed by atoms with van der Waals surface area (Å²) in [5, 5.41) is 2.73. The maximum atomic E-state index is 11.1. The van der Waals surface area contributed by atoms with E-state index in [1.165, 1.54) is 11.3 Å². The van der Waals surface area contributed by atoms with Crippen molar-refractivity contribution in [1.82, 2.24) is 4.98 Å². The number of carbonyl (C=O) groups excluding carboxylic acids is 1. The number of hydrogen-bond donors (Lipinski definition) is 0. The van der Waals surface area contributed by atoms with Crippen LogP contribution in [0.2, 0.25) is 0 Å². The lowest BCUT2D eigenvalue weighted by Gasteiger charge is -2.06. The van der Waals surface area contributed by atoms with E-state index >= 15 is 0 Å². The van der Waals surface area contributed by atoms with Crippen molar-refractivity contribution in [3.05, 3.63) is 33.7 Å². The van der Waals surface area contributed by atoms with E-state index in [9.17, 15) is 4.79 Å². The van der Waals surface area contributed by atoms with Crippen molar-refractivity contribution in [2.75, 3.05) is 7.11 Å². The first kappa shape index (κ1) is 15.0. The number of rotatable bonds is 5. The standard InChI is InChI=1S/C14H14BrNO3S/c1-3-13(17)19-7-10-8-20-14(16-10)11-6-9(15)4-5-12(11)18-2/h4-6,8H,3,7H2,1-2H3. The Labute approximate surface area is 129 Å². The van der Waals surface area contributed by atoms with Crippen LogP contribution >= 0.6 is 27.3 Å². The number of hydrogen-bond acceptors (Lipinski definition) is 5. The van der Waals surface area contributed by atoms with Gasteiger partial charge in [0.25, 0.3) is 0 Å². The number of benzene rings is 1. The molecule has 0 bridgehead atoms. The summed E-state index contributed by atoms with van der Waals surface area (Å²) in [7, 11) is 1.63. The molecule has 6 heteroatoms. The molecule has 1 heterocycles. The topological polar surface area (TPSA) is 48.4 Å². The lowest BCUT2D eigenvalue weighted by molar-refractivity contribution is -0.144. The third kappa shape index (κ3) is 3.58. The van der Waals surface area contributed by atoms with Gasteiger partial charge < -0.3 is 9.47 Å². The van der Waals surface area contributed by atoms with Crippen molar-refractivity contribution in [2.45, 2.75) is 20.0 Å². The van der Waals surface area contributed by atoms with Crippen molar-refractivity contribution < 1.29 is 14.3 Å². The molecule has 0 amide bonds. The van der Waals surface area contributed by atoms with Gasteiger partial charge in [0.1, 0.15) is 17.4 Å². The predicted molar refractivity (Wildman–Crippen MR) is 81.9 cm³/mol. The number of aromatic nitrogens is 1. The monoisotopic (exact) mass is 355 g/mol. The Kier molecular flexibility index (Phi) is 5.14. The van der Waals surface area contributed by atoms with Crippen molar-refractivity contribution in [1.29, 1.82) is 0 Å². The van der Waals surface area contributed by atoms with Gasteiger partial charge >= 0.3 is 5.97 Å². The molecule has 0 aliphatic rings. The second kappa shape index (κ2) is 6.85. The second-order valence-electron chi connectivity index (χ2n) is 4.00. The van der Waals surface area contributed by atoms with Crippen molar-refractivity contribution in [2.24, 2.45) is 0 Å². The quantitative estimate of drug-likeness (QED) is 0.759. The molecule has 1 aromatic heterocycles. The summed E-state index contributed by atoms with van der Waals surface area (Å²) in [5.74, 6) is 0.541. The summed E-state index contributed by atoms with van der Waals surface area (Å²) < 4.78 is 11.4. The highest BCUT2D eigenvalue weighted by atomic mass is 79.9. The normalized spacial score (nSPS) is 10.3. The Hall–Kier alpha value is -1.40. The molecule has 0 unspecified atom stereocenters. The van der Waals surface area contributed by atoms with E-state index in [1.807, 2.05) is 23.6 Å². The molecule has 2 aromatic rings. The summed E-state index contributed by atoms with van der Waals surface area (Å²) in [6.07, 6.45) is 0.371. The summed E-state index contributed by atoms with van der Waals surface area (Å²) in [6.45, 7) is 1.97. The predicted octanol–water partition coefficient (Wildman–Crippen LogP) is 4.03. The highest BCUT2D eigenvalue weighted by molar-refractivity contribution is 9.10. The minimum atomic E-state index is -0.223. The van der Waals surface area contributed by atoms with E-state index in [0.717, 1.165) is 26.5 Å². The number of methoxy groups -OCH3 is 1. The second-order valence-corrected chi connectivity index (χ2v) is 5.78. The van der Waals surface area contributed by atoms with E-state index in [2.05, 4.69) is 20.9 Å². The first-order valence-electron chi connectivity index (χ1n) is 6.08. The molecule has 0 N–H and O–H groups in total. The van der Waals surface area contributed by atoms with E-state index in [0.29, 0.717) is 6.42 Å². The van der Waals surface area contributed by atoms with Crippen LogP contribution in [0, 0.1) is 0 Å². The number of halogens is 1. The molecule has 0 aliphatic heterocycles. The molecule has 0 saturated carbocycles. The van der Waals surface area contributed by atoms with Gasteiger partial charge in [0, 0.05) is 16.3 Å². The first-order chi connectivity index (χ1) is 9.63. The minimum absolute atomic E-state index is 0.208. The van der Waals surface area contributed by atoms with Crippen LogP contribution in [0.1, 0.15) is 19.0 Å². The number of esters is 1. The SMILES string of the molecule is CCC(=O)OCc1csc(-c2cc(Br)ccc2OC)n1. The van der Waals surface area contributed by atoms with Crippen LogP contribution in [0.4, 0.5) is 0 Å². The zero-order valence-electron chi connectivity index (χ0n) is 11.2. The van der Waals surface area contributed by atoms with Crippen LogP contribution in [0.3, 0.4) is 0 Å². The molecule has 0 spiro atoms. The average molecular weight is 356 g/mol. The van der Waals surface area contributed by atoms with E-state index < -0.39 is 0 Å². The molecule has 106 valence electrons. The van der Waals surface area contributed by atoms with Crippen LogP contribution in [-0.2, 0) is 16.1 Å². The van der Waals surface area contributed by atoms with Crippen LogP contribution in [-0.4, -0.2) is 18.1 Å². The highest BCUT2D eigenvalue weighted by Crippen LogP contribution is 2.34. The molecule has 0 radical (unpaired) electrons. The highest BCUT2D eigenvalue weighted by Gasteiger charge is 2.11. The number of thiazole rings is 1. The fraction of sp³-hybridized carbons (Fsp3) is 0.286. The molecule has 0 fully saturated rings. The largest absolute Gasteiger partial charge is 0.496 e. The molecular weight excluding hydrogens is 342 g/mol. The van der Waals surface area contributed by atoms with Gasteiger partial charge in [0.15, 0.2) is 0 Å². The Morgan fingerprint density at radius 1 is 1.45 bits per heavy atom. The third-order valence-electron chi connectivity index (χ3n) is 2.61. The Balaban J connectivity index is 2.20. The van der Waals surface area contributed by atoms with Gasteiger partial charge in [-0.3, -0.25) is 4.79 Å². The van der Waals surface area contributed by atoms with Crippen LogP contribution < -0.4 is 4.74 Å². The van der Waals surface area contributed by atoms with Gasteiger partial charge in [0.05, 0.1) is 18.4 Å². The van der Waals surface area contributed by atoms with E-state index in [4.69, 9.17) is 9.47 Å². The summed E-state index contributed by atoms with van der Waals surface area (Å²) >= 11 is 4.94. The molecule has 1 aromatic carbocycles. The lowest BCUT2D eigenvalue weighted by Crippen LogP contribution is -2.02.